The van der Waals surface area contributed by atoms with Crippen LogP contribution in [0.2, 0.25) is 0 Å². The molecule has 30 heteroatoms. The van der Waals surface area contributed by atoms with Gasteiger partial charge in [0.2, 0.25) is 23.6 Å². The van der Waals surface area contributed by atoms with Gasteiger partial charge in [0, 0.05) is 48.5 Å². The zero-order valence-electron chi connectivity index (χ0n) is 44.8. The van der Waals surface area contributed by atoms with E-state index in [1.54, 1.807) is 0 Å². The lowest BCUT2D eigenvalue weighted by Crippen LogP contribution is -2.61. The van der Waals surface area contributed by atoms with Crippen LogP contribution in [0.25, 0.3) is 0 Å². The molecule has 0 aromatic heterocycles. The molecule has 12 nitrogen and oxygen atoms in total. The number of amides is 8. The summed E-state index contributed by atoms with van der Waals surface area (Å²) in [7, 11) is 0. The number of nitrogens with zero attached hydrogens (tertiary/aromatic N) is 4. The van der Waals surface area contributed by atoms with E-state index >= 15 is 52.7 Å². The van der Waals surface area contributed by atoms with Gasteiger partial charge < -0.3 is 0 Å². The van der Waals surface area contributed by atoms with Crippen LogP contribution in [-0.2, 0) is 38.4 Å². The van der Waals surface area contributed by atoms with Gasteiger partial charge in [0.05, 0.1) is 47.3 Å². The largest absolute Gasteiger partial charge is 0.403 e. The van der Waals surface area contributed by atoms with Crippen LogP contribution in [0.1, 0.15) is 116 Å². The lowest BCUT2D eigenvalue weighted by atomic mass is 9.54. The third kappa shape index (κ3) is 10.7. The van der Waals surface area contributed by atoms with Gasteiger partial charge in [-0.25, -0.2) is 0 Å². The van der Waals surface area contributed by atoms with Crippen LogP contribution >= 0.6 is 0 Å². The molecule has 6 saturated carbocycles. The lowest BCUT2D eigenvalue weighted by Gasteiger charge is -2.52. The molecular weight excluding hydrogens is 1190 g/mol. The summed E-state index contributed by atoms with van der Waals surface area (Å²) < 4.78 is 274. The highest BCUT2D eigenvalue weighted by Gasteiger charge is 2.78. The maximum absolute atomic E-state index is 15.9. The predicted molar refractivity (Wildman–Crippen MR) is 252 cm³/mol. The fourth-order valence-corrected chi connectivity index (χ4v) is 18.1. The molecule has 18 unspecified atom stereocenters. The summed E-state index contributed by atoms with van der Waals surface area (Å²) in [6.45, 7) is 0. The fourth-order valence-electron chi connectivity index (χ4n) is 18.1. The Hall–Kier alpha value is -5.22. The van der Waals surface area contributed by atoms with Gasteiger partial charge in [-0.15, -0.1) is 0 Å². The molecule has 4 heterocycles. The number of fused-ring (bicyclic) bond motifs is 2. The maximum Gasteiger partial charge on any atom is 0.403 e. The van der Waals surface area contributed by atoms with Crippen LogP contribution in [0.15, 0.2) is 24.3 Å². The summed E-state index contributed by atoms with van der Waals surface area (Å²) in [5, 5.41) is 0. The van der Waals surface area contributed by atoms with Crippen LogP contribution in [0.5, 0.6) is 0 Å². The van der Waals surface area contributed by atoms with Crippen molar-refractivity contribution in [3.05, 3.63) is 24.3 Å². The van der Waals surface area contributed by atoms with Gasteiger partial charge in [-0.3, -0.25) is 58.0 Å². The Kier molecular flexibility index (Phi) is 15.9. The molecule has 4 aliphatic heterocycles. The van der Waals surface area contributed by atoms with Crippen molar-refractivity contribution >= 4 is 47.3 Å². The van der Waals surface area contributed by atoms with Crippen LogP contribution in [0, 0.1) is 88.3 Å². The Bertz CT molecular complexity index is 2570. The molecular formula is C55H58F18N4O8. The van der Waals surface area contributed by atoms with Crippen molar-refractivity contribution in [2.45, 2.75) is 177 Å². The molecule has 18 atom stereocenters. The molecule has 6 aliphatic carbocycles. The normalized spacial score (nSPS) is 38.6. The van der Waals surface area contributed by atoms with E-state index < -0.39 is 299 Å². The van der Waals surface area contributed by atoms with Crippen molar-refractivity contribution in [2.24, 2.45) is 88.3 Å². The summed E-state index contributed by atoms with van der Waals surface area (Å²) in [6.07, 6.45) is -44.4. The average molecular weight is 1250 g/mol. The first-order valence-corrected chi connectivity index (χ1v) is 28.5. The predicted octanol–water partition coefficient (Wildman–Crippen LogP) is 11.1. The molecule has 10 rings (SSSR count). The molecule has 10 aliphatic rings. The minimum absolute atomic E-state index is 0.286. The SMILES string of the molecule is O=C1C=CC(=O)N1C1CCC(C2CCC(N3C(=O)C4CCC(C(C5CCC6C(=O)N(C7CCC(C8CCC(N9C(=O)C=CC9=O)CC8C(F)(F)F)C(C(F)(F)F)C7)C(=O)C6C5)(C(F)(F)F)C(F)(F)F)CC4C3=O)CC2C(F)(F)F)C(C(F)(F)F)C1. The van der Waals surface area contributed by atoms with E-state index in [2.05, 4.69) is 0 Å². The van der Waals surface area contributed by atoms with Gasteiger partial charge >= 0.3 is 37.1 Å². The second kappa shape index (κ2) is 21.5. The monoisotopic (exact) mass is 1240 g/mol. The second-order valence-electron chi connectivity index (χ2n) is 25.3. The molecule has 0 aromatic rings. The Labute approximate surface area is 472 Å². The van der Waals surface area contributed by atoms with Crippen molar-refractivity contribution in [1.82, 2.24) is 19.6 Å². The van der Waals surface area contributed by atoms with Crippen molar-refractivity contribution in [3.8, 4) is 0 Å². The van der Waals surface area contributed by atoms with Gasteiger partial charge in [0.25, 0.3) is 23.6 Å². The van der Waals surface area contributed by atoms with Crippen molar-refractivity contribution in [1.29, 1.82) is 0 Å². The standard InChI is InChI=1S/C55H58F18N4O8/c56-50(57,58)37-19-25(74-41(78)13-14-42(74)79)3-9-29(37)31-11-5-27(21-39(31)52(62,63)64)76-45(82)33-7-1-23(17-35(33)47(76)84)49(54(68,69)70,55(71,72)73)24-2-8-34-36(18-24)48(85)77(46(34)83)28-6-12-32(40(22-28)53(65,66)67)30-10-4-26(20-38(30)51(59,60)61)75-43(80)15-16-44(75)81/h13-16,23-40H,1-12,17-22H2. The van der Waals surface area contributed by atoms with E-state index in [9.17, 15) is 64.7 Å². The number of likely N-dealkylation sites (tertiary alicyclic amines) is 2. The smallest absolute Gasteiger partial charge is 0.279 e. The quantitative estimate of drug-likeness (QED) is 0.172. The minimum atomic E-state index is -6.26. The maximum atomic E-state index is 15.9. The topological polar surface area (TPSA) is 150 Å². The summed E-state index contributed by atoms with van der Waals surface area (Å²) in [4.78, 5) is 108. The number of halogens is 18. The van der Waals surface area contributed by atoms with Crippen molar-refractivity contribution < 1.29 is 117 Å². The zero-order valence-corrected chi connectivity index (χ0v) is 44.8. The summed E-state index contributed by atoms with van der Waals surface area (Å²) >= 11 is 0. The Morgan fingerprint density at radius 1 is 0.282 bits per heavy atom. The van der Waals surface area contributed by atoms with E-state index in [-0.39, 0.29) is 12.8 Å². The van der Waals surface area contributed by atoms with E-state index in [1.807, 2.05) is 0 Å². The summed E-state index contributed by atoms with van der Waals surface area (Å²) in [5.74, 6) is -38.2. The first-order chi connectivity index (χ1) is 39.3. The van der Waals surface area contributed by atoms with Crippen LogP contribution in [0.3, 0.4) is 0 Å². The second-order valence-corrected chi connectivity index (χ2v) is 25.3. The van der Waals surface area contributed by atoms with E-state index in [1.165, 1.54) is 0 Å². The van der Waals surface area contributed by atoms with Crippen LogP contribution in [-0.4, -0.2) is 128 Å². The third-order valence-corrected chi connectivity index (χ3v) is 21.6. The third-order valence-electron chi connectivity index (χ3n) is 21.6. The highest BCUT2D eigenvalue weighted by Crippen LogP contribution is 2.68. The lowest BCUT2D eigenvalue weighted by molar-refractivity contribution is -0.383. The molecule has 0 aromatic carbocycles. The molecule has 85 heavy (non-hydrogen) atoms. The van der Waals surface area contributed by atoms with Crippen LogP contribution in [0.4, 0.5) is 79.0 Å². The van der Waals surface area contributed by atoms with Gasteiger partial charge in [-0.1, -0.05) is 0 Å². The van der Waals surface area contributed by atoms with E-state index in [0.29, 0.717) is 19.6 Å². The summed E-state index contributed by atoms with van der Waals surface area (Å²) in [5.41, 5.74) is -4.79. The molecule has 0 radical (unpaired) electrons. The highest BCUT2D eigenvalue weighted by molar-refractivity contribution is 6.14. The molecule has 8 amide bonds. The summed E-state index contributed by atoms with van der Waals surface area (Å²) in [6, 6.07) is -6.00. The first kappa shape index (κ1) is 62.8. The Morgan fingerprint density at radius 3 is 0.753 bits per heavy atom. The average Bonchev–Trinajstić information content (AvgIpc) is 1.74. The van der Waals surface area contributed by atoms with E-state index in [0.717, 1.165) is 24.3 Å². The number of hydrogen-bond donors (Lipinski definition) is 0. The van der Waals surface area contributed by atoms with Crippen LogP contribution < -0.4 is 0 Å². The number of imide groups is 4. The van der Waals surface area contributed by atoms with Crippen molar-refractivity contribution in [3.63, 3.8) is 0 Å². The van der Waals surface area contributed by atoms with Crippen molar-refractivity contribution in [2.75, 3.05) is 0 Å². The first-order valence-electron chi connectivity index (χ1n) is 28.5. The number of rotatable bonds is 8. The van der Waals surface area contributed by atoms with Gasteiger partial charge in [-0.05, 0) is 151 Å². The number of hydrogen-bond acceptors (Lipinski definition) is 8. The number of alkyl halides is 18. The Morgan fingerprint density at radius 2 is 0.518 bits per heavy atom. The molecule has 2 saturated heterocycles. The van der Waals surface area contributed by atoms with Gasteiger partial charge in [0.1, 0.15) is 0 Å². The zero-order chi connectivity index (χ0) is 62.4. The fraction of sp³-hybridized carbons (Fsp3) is 0.782. The molecule has 8 fully saturated rings. The number of carbonyl (C=O) groups excluding carboxylic acids is 8. The van der Waals surface area contributed by atoms with E-state index in [4.69, 9.17) is 0 Å². The van der Waals surface area contributed by atoms with Gasteiger partial charge in [0.15, 0.2) is 5.41 Å². The number of carbonyl (C=O) groups is 8. The molecule has 0 bridgehead atoms. The molecule has 0 N–H and O–H groups in total. The highest BCUT2D eigenvalue weighted by atomic mass is 19.4. The minimum Gasteiger partial charge on any atom is -0.279 e. The molecule has 472 valence electrons. The van der Waals surface area contributed by atoms with Gasteiger partial charge in [-0.2, -0.15) is 79.0 Å². The molecule has 0 spiro atoms. The Balaban J connectivity index is 0.850.